The summed E-state index contributed by atoms with van der Waals surface area (Å²) in [6, 6.07) is 5.09. The van der Waals surface area contributed by atoms with E-state index in [1.54, 1.807) is 32.0 Å². The number of benzene rings is 1. The Hall–Kier alpha value is -0.730. The largest absolute Gasteiger partial charge is 0.399 e. The van der Waals surface area contributed by atoms with Crippen LogP contribution in [0.25, 0.3) is 0 Å². The molecule has 1 aromatic carbocycles. The first kappa shape index (κ1) is 9.36. The molecule has 0 amide bonds. The molecule has 0 aliphatic rings. The predicted octanol–water partition coefficient (Wildman–Crippen LogP) is 2.15. The summed E-state index contributed by atoms with van der Waals surface area (Å²) >= 11 is 5.87. The van der Waals surface area contributed by atoms with Gasteiger partial charge in [-0.3, -0.25) is 0 Å². The summed E-state index contributed by atoms with van der Waals surface area (Å²) in [4.78, 5) is 0. The fraction of sp³-hybridized carbons (Fsp3) is 0.333. The highest BCUT2D eigenvalue weighted by Crippen LogP contribution is 2.28. The zero-order valence-corrected chi connectivity index (χ0v) is 7.89. The lowest BCUT2D eigenvalue weighted by Crippen LogP contribution is -2.15. The highest BCUT2D eigenvalue weighted by molar-refractivity contribution is 6.31. The van der Waals surface area contributed by atoms with Crippen LogP contribution >= 0.6 is 11.6 Å². The number of hydrogen-bond donors (Lipinski definition) is 2. The molecule has 0 fully saturated rings. The van der Waals surface area contributed by atoms with Crippen molar-refractivity contribution in [2.24, 2.45) is 0 Å². The average Bonchev–Trinajstić information content (AvgIpc) is 1.83. The van der Waals surface area contributed by atoms with E-state index in [-0.39, 0.29) is 0 Å². The van der Waals surface area contributed by atoms with E-state index >= 15 is 0 Å². The van der Waals surface area contributed by atoms with Gasteiger partial charge in [-0.1, -0.05) is 17.7 Å². The molecule has 0 aromatic heterocycles. The molecule has 0 saturated carbocycles. The molecule has 3 N–H and O–H groups in total. The number of hydrogen-bond acceptors (Lipinski definition) is 2. The number of nitrogen functional groups attached to an aromatic ring is 1. The summed E-state index contributed by atoms with van der Waals surface area (Å²) in [5.74, 6) is 0. The smallest absolute Gasteiger partial charge is 0.0854 e. The number of aliphatic hydroxyl groups is 1. The minimum Gasteiger partial charge on any atom is -0.399 e. The van der Waals surface area contributed by atoms with Gasteiger partial charge in [-0.05, 0) is 26.0 Å². The summed E-state index contributed by atoms with van der Waals surface area (Å²) < 4.78 is 0. The molecule has 66 valence electrons. The first-order chi connectivity index (χ1) is 5.41. The Balaban J connectivity index is 3.19. The summed E-state index contributed by atoms with van der Waals surface area (Å²) in [7, 11) is 0. The van der Waals surface area contributed by atoms with Crippen molar-refractivity contribution in [1.82, 2.24) is 0 Å². The fourth-order valence-electron chi connectivity index (χ4n) is 1.03. The Labute approximate surface area is 77.0 Å². The second kappa shape index (κ2) is 2.96. The number of nitrogens with two attached hydrogens (primary N) is 1. The van der Waals surface area contributed by atoms with Crippen LogP contribution in [0.1, 0.15) is 19.4 Å². The molecule has 0 saturated heterocycles. The third kappa shape index (κ3) is 1.90. The Morgan fingerprint density at radius 1 is 1.42 bits per heavy atom. The van der Waals surface area contributed by atoms with Crippen molar-refractivity contribution < 1.29 is 5.11 Å². The van der Waals surface area contributed by atoms with Crippen LogP contribution < -0.4 is 5.73 Å². The zero-order valence-electron chi connectivity index (χ0n) is 7.13. The normalized spacial score (nSPS) is 11.7. The Morgan fingerprint density at radius 3 is 2.42 bits per heavy atom. The van der Waals surface area contributed by atoms with E-state index in [1.165, 1.54) is 0 Å². The van der Waals surface area contributed by atoms with Gasteiger partial charge in [-0.15, -0.1) is 0 Å². The van der Waals surface area contributed by atoms with E-state index in [0.717, 1.165) is 0 Å². The summed E-state index contributed by atoms with van der Waals surface area (Å²) in [6.45, 7) is 3.37. The third-order valence-corrected chi connectivity index (χ3v) is 1.96. The molecule has 0 heterocycles. The topological polar surface area (TPSA) is 46.2 Å². The first-order valence-electron chi connectivity index (χ1n) is 3.69. The van der Waals surface area contributed by atoms with Crippen LogP contribution in [0.3, 0.4) is 0 Å². The van der Waals surface area contributed by atoms with E-state index in [4.69, 9.17) is 17.3 Å². The molecule has 2 nitrogen and oxygen atoms in total. The van der Waals surface area contributed by atoms with E-state index in [9.17, 15) is 5.11 Å². The molecule has 0 aliphatic carbocycles. The minimum atomic E-state index is -0.912. The van der Waals surface area contributed by atoms with Crippen LogP contribution in [0.4, 0.5) is 5.69 Å². The lowest BCUT2D eigenvalue weighted by Gasteiger charge is -2.19. The third-order valence-electron chi connectivity index (χ3n) is 1.65. The van der Waals surface area contributed by atoms with Gasteiger partial charge in [0.05, 0.1) is 5.60 Å². The van der Waals surface area contributed by atoms with Gasteiger partial charge in [-0.2, -0.15) is 0 Å². The van der Waals surface area contributed by atoms with Crippen LogP contribution in [0.5, 0.6) is 0 Å². The molecule has 1 aromatic rings. The van der Waals surface area contributed by atoms with Gasteiger partial charge >= 0.3 is 0 Å². The quantitative estimate of drug-likeness (QED) is 0.659. The molecule has 0 spiro atoms. The van der Waals surface area contributed by atoms with Gasteiger partial charge in [0.1, 0.15) is 0 Å². The number of rotatable bonds is 1. The summed E-state index contributed by atoms with van der Waals surface area (Å²) in [5, 5.41) is 10.1. The maximum absolute atomic E-state index is 9.64. The molecule has 0 atom stereocenters. The van der Waals surface area contributed by atoms with E-state index in [1.807, 2.05) is 0 Å². The van der Waals surface area contributed by atoms with Crippen molar-refractivity contribution in [3.05, 3.63) is 28.8 Å². The van der Waals surface area contributed by atoms with Gasteiger partial charge in [0, 0.05) is 16.3 Å². The summed E-state index contributed by atoms with van der Waals surface area (Å²) in [5.41, 5.74) is 5.89. The Bertz CT molecular complexity index is 291. The molecule has 0 bridgehead atoms. The molecule has 0 radical (unpaired) electrons. The SMILES string of the molecule is CC(C)(O)c1ccc(N)cc1Cl. The summed E-state index contributed by atoms with van der Waals surface area (Å²) in [6.07, 6.45) is 0. The van der Waals surface area contributed by atoms with Crippen LogP contribution in [0.15, 0.2) is 18.2 Å². The van der Waals surface area contributed by atoms with Crippen LogP contribution in [-0.4, -0.2) is 5.11 Å². The number of anilines is 1. The molecule has 0 unspecified atom stereocenters. The van der Waals surface area contributed by atoms with E-state index in [2.05, 4.69) is 0 Å². The molecule has 3 heteroatoms. The van der Waals surface area contributed by atoms with Crippen LogP contribution in [0, 0.1) is 0 Å². The van der Waals surface area contributed by atoms with Gasteiger partial charge < -0.3 is 10.8 Å². The van der Waals surface area contributed by atoms with Crippen LogP contribution in [-0.2, 0) is 5.60 Å². The second-order valence-electron chi connectivity index (χ2n) is 3.30. The lowest BCUT2D eigenvalue weighted by atomic mass is 9.98. The average molecular weight is 186 g/mol. The maximum Gasteiger partial charge on any atom is 0.0854 e. The highest BCUT2D eigenvalue weighted by Gasteiger charge is 2.18. The van der Waals surface area contributed by atoms with Gasteiger partial charge in [0.25, 0.3) is 0 Å². The predicted molar refractivity (Wildman–Crippen MR) is 51.1 cm³/mol. The minimum absolute atomic E-state index is 0.502. The standard InChI is InChI=1S/C9H12ClNO/c1-9(2,12)7-4-3-6(11)5-8(7)10/h3-5,12H,11H2,1-2H3. The first-order valence-corrected chi connectivity index (χ1v) is 4.07. The van der Waals surface area contributed by atoms with Crippen LogP contribution in [0.2, 0.25) is 5.02 Å². The Kier molecular flexibility index (Phi) is 2.31. The van der Waals surface area contributed by atoms with Crippen molar-refractivity contribution >= 4 is 17.3 Å². The van der Waals surface area contributed by atoms with Gasteiger partial charge in [0.2, 0.25) is 0 Å². The van der Waals surface area contributed by atoms with E-state index < -0.39 is 5.60 Å². The number of halogens is 1. The zero-order chi connectivity index (χ0) is 9.35. The van der Waals surface area contributed by atoms with Crippen molar-refractivity contribution in [3.8, 4) is 0 Å². The van der Waals surface area contributed by atoms with Gasteiger partial charge in [-0.25, -0.2) is 0 Å². The lowest BCUT2D eigenvalue weighted by molar-refractivity contribution is 0.0787. The van der Waals surface area contributed by atoms with Crippen molar-refractivity contribution in [2.45, 2.75) is 19.4 Å². The molecule has 12 heavy (non-hydrogen) atoms. The molecule has 0 aliphatic heterocycles. The molecular formula is C9H12ClNO. The van der Waals surface area contributed by atoms with Gasteiger partial charge in [0.15, 0.2) is 0 Å². The van der Waals surface area contributed by atoms with Crippen molar-refractivity contribution in [2.75, 3.05) is 5.73 Å². The molecular weight excluding hydrogens is 174 g/mol. The monoisotopic (exact) mass is 185 g/mol. The Morgan fingerprint density at radius 2 is 2.00 bits per heavy atom. The fourth-order valence-corrected chi connectivity index (χ4v) is 1.45. The maximum atomic E-state index is 9.64. The van der Waals surface area contributed by atoms with Crippen molar-refractivity contribution in [3.63, 3.8) is 0 Å². The van der Waals surface area contributed by atoms with E-state index in [0.29, 0.717) is 16.3 Å². The molecule has 1 rings (SSSR count). The highest BCUT2D eigenvalue weighted by atomic mass is 35.5. The van der Waals surface area contributed by atoms with Crippen molar-refractivity contribution in [1.29, 1.82) is 0 Å². The second-order valence-corrected chi connectivity index (χ2v) is 3.71.